The minimum atomic E-state index is -0.757. The monoisotopic (exact) mass is 288 g/mol. The zero-order valence-corrected chi connectivity index (χ0v) is 10.8. The van der Waals surface area contributed by atoms with Gasteiger partial charge < -0.3 is 11.5 Å². The van der Waals surface area contributed by atoms with Gasteiger partial charge in [-0.3, -0.25) is 9.89 Å². The SMILES string of the molecule is NC(=O)c1nc(Cl)nc(-c2cccc3[nH]ncc23)c1N. The zero-order valence-electron chi connectivity index (χ0n) is 10.1. The number of benzene rings is 1. The predicted molar refractivity (Wildman–Crippen MR) is 75.1 cm³/mol. The fourth-order valence-corrected chi connectivity index (χ4v) is 2.18. The van der Waals surface area contributed by atoms with Crippen molar-refractivity contribution in [1.82, 2.24) is 20.2 Å². The van der Waals surface area contributed by atoms with Gasteiger partial charge in [-0.2, -0.15) is 5.10 Å². The fraction of sp³-hybridized carbons (Fsp3) is 0. The Morgan fingerprint density at radius 3 is 2.85 bits per heavy atom. The Kier molecular flexibility index (Phi) is 2.76. The lowest BCUT2D eigenvalue weighted by Gasteiger charge is -2.09. The Morgan fingerprint density at radius 2 is 2.10 bits per heavy atom. The van der Waals surface area contributed by atoms with Crippen molar-refractivity contribution < 1.29 is 4.79 Å². The third-order valence-corrected chi connectivity index (χ3v) is 3.06. The maximum Gasteiger partial charge on any atom is 0.269 e. The molecule has 20 heavy (non-hydrogen) atoms. The van der Waals surface area contributed by atoms with E-state index in [1.165, 1.54) is 0 Å². The van der Waals surface area contributed by atoms with E-state index in [-0.39, 0.29) is 16.7 Å². The van der Waals surface area contributed by atoms with Crippen molar-refractivity contribution in [3.63, 3.8) is 0 Å². The number of nitrogens with zero attached hydrogens (tertiary/aromatic N) is 3. The highest BCUT2D eigenvalue weighted by Crippen LogP contribution is 2.32. The summed E-state index contributed by atoms with van der Waals surface area (Å²) < 4.78 is 0. The summed E-state index contributed by atoms with van der Waals surface area (Å²) in [5.74, 6) is -0.757. The summed E-state index contributed by atoms with van der Waals surface area (Å²) in [5.41, 5.74) is 13.0. The highest BCUT2D eigenvalue weighted by atomic mass is 35.5. The average molecular weight is 289 g/mol. The number of nitrogen functional groups attached to an aromatic ring is 1. The number of aromatic nitrogens is 4. The topological polar surface area (TPSA) is 124 Å². The summed E-state index contributed by atoms with van der Waals surface area (Å²) in [5, 5.41) is 7.52. The Morgan fingerprint density at radius 1 is 1.30 bits per heavy atom. The number of rotatable bonds is 2. The van der Waals surface area contributed by atoms with Crippen molar-refractivity contribution in [2.75, 3.05) is 5.73 Å². The molecular formula is C12H9ClN6O. The molecule has 2 heterocycles. The van der Waals surface area contributed by atoms with Gasteiger partial charge in [0.1, 0.15) is 0 Å². The molecule has 0 aliphatic heterocycles. The van der Waals surface area contributed by atoms with Gasteiger partial charge in [0.25, 0.3) is 5.91 Å². The van der Waals surface area contributed by atoms with Crippen LogP contribution in [0, 0.1) is 0 Å². The Balaban J connectivity index is 2.34. The molecule has 0 fully saturated rings. The number of aromatic amines is 1. The first-order valence-electron chi connectivity index (χ1n) is 5.63. The third-order valence-electron chi connectivity index (χ3n) is 2.89. The summed E-state index contributed by atoms with van der Waals surface area (Å²) in [7, 11) is 0. The largest absolute Gasteiger partial charge is 0.395 e. The highest BCUT2D eigenvalue weighted by Gasteiger charge is 2.18. The van der Waals surface area contributed by atoms with Crippen molar-refractivity contribution >= 4 is 34.1 Å². The lowest BCUT2D eigenvalue weighted by atomic mass is 10.0. The summed E-state index contributed by atoms with van der Waals surface area (Å²) in [6, 6.07) is 5.48. The molecule has 0 aliphatic carbocycles. The molecule has 0 unspecified atom stereocenters. The van der Waals surface area contributed by atoms with Crippen LogP contribution in [0.4, 0.5) is 5.69 Å². The number of hydrogen-bond acceptors (Lipinski definition) is 5. The number of fused-ring (bicyclic) bond motifs is 1. The first-order valence-corrected chi connectivity index (χ1v) is 6.01. The molecule has 0 atom stereocenters. The van der Waals surface area contributed by atoms with Crippen LogP contribution in [0.15, 0.2) is 24.4 Å². The van der Waals surface area contributed by atoms with Gasteiger partial charge in [-0.1, -0.05) is 12.1 Å². The number of carbonyl (C=O) groups excluding carboxylic acids is 1. The first-order chi connectivity index (χ1) is 9.58. The number of primary amides is 1. The lowest BCUT2D eigenvalue weighted by molar-refractivity contribution is 0.0996. The Hall–Kier alpha value is -2.67. The third kappa shape index (κ3) is 1.84. The molecule has 0 spiro atoms. The second kappa shape index (κ2) is 4.46. The number of anilines is 1. The average Bonchev–Trinajstić information content (AvgIpc) is 2.89. The van der Waals surface area contributed by atoms with Gasteiger partial charge >= 0.3 is 0 Å². The van der Waals surface area contributed by atoms with Gasteiger partial charge in [-0.05, 0) is 17.7 Å². The molecule has 5 N–H and O–H groups in total. The van der Waals surface area contributed by atoms with Crippen molar-refractivity contribution in [3.8, 4) is 11.3 Å². The zero-order chi connectivity index (χ0) is 14.3. The molecule has 8 heteroatoms. The molecule has 0 saturated carbocycles. The van der Waals surface area contributed by atoms with Gasteiger partial charge in [-0.15, -0.1) is 0 Å². The number of carbonyl (C=O) groups is 1. The van der Waals surface area contributed by atoms with Crippen molar-refractivity contribution in [2.45, 2.75) is 0 Å². The van der Waals surface area contributed by atoms with Crippen LogP contribution in [-0.4, -0.2) is 26.1 Å². The van der Waals surface area contributed by atoms with Gasteiger partial charge in [0, 0.05) is 10.9 Å². The van der Waals surface area contributed by atoms with E-state index in [0.717, 1.165) is 10.9 Å². The van der Waals surface area contributed by atoms with Crippen LogP contribution >= 0.6 is 11.6 Å². The van der Waals surface area contributed by atoms with Gasteiger partial charge in [-0.25, -0.2) is 9.97 Å². The maximum atomic E-state index is 11.3. The van der Waals surface area contributed by atoms with Crippen LogP contribution in [0.2, 0.25) is 5.28 Å². The van der Waals surface area contributed by atoms with E-state index in [9.17, 15) is 4.79 Å². The van der Waals surface area contributed by atoms with E-state index in [4.69, 9.17) is 23.1 Å². The van der Waals surface area contributed by atoms with Crippen molar-refractivity contribution in [2.24, 2.45) is 5.73 Å². The van der Waals surface area contributed by atoms with Crippen molar-refractivity contribution in [3.05, 3.63) is 35.4 Å². The lowest BCUT2D eigenvalue weighted by Crippen LogP contribution is -2.17. The van der Waals surface area contributed by atoms with E-state index in [1.807, 2.05) is 12.1 Å². The standard InChI is InChI=1S/C12H9ClN6O/c13-12-17-9(8(14)10(18-12)11(15)20)5-2-1-3-7-6(5)4-16-19-7/h1-4H,14H2,(H2,15,20)(H,16,19). The normalized spacial score (nSPS) is 10.8. The van der Waals surface area contributed by atoms with E-state index in [0.29, 0.717) is 11.3 Å². The van der Waals surface area contributed by atoms with Crippen LogP contribution in [0.25, 0.3) is 22.2 Å². The molecular weight excluding hydrogens is 280 g/mol. The molecule has 1 amide bonds. The van der Waals surface area contributed by atoms with Gasteiger partial charge in [0.05, 0.1) is 23.1 Å². The quantitative estimate of drug-likeness (QED) is 0.614. The van der Waals surface area contributed by atoms with E-state index in [1.54, 1.807) is 12.3 Å². The maximum absolute atomic E-state index is 11.3. The first kappa shape index (κ1) is 12.4. The second-order valence-corrected chi connectivity index (χ2v) is 4.44. The van der Waals surface area contributed by atoms with Gasteiger partial charge in [0.2, 0.25) is 5.28 Å². The number of nitrogens with one attached hydrogen (secondary N) is 1. The van der Waals surface area contributed by atoms with Gasteiger partial charge in [0.15, 0.2) is 5.69 Å². The number of H-pyrrole nitrogens is 1. The summed E-state index contributed by atoms with van der Waals surface area (Å²) in [6.45, 7) is 0. The summed E-state index contributed by atoms with van der Waals surface area (Å²) >= 11 is 5.83. The minimum Gasteiger partial charge on any atom is -0.395 e. The predicted octanol–water partition coefficient (Wildman–Crippen LogP) is 1.35. The molecule has 0 aliphatic rings. The summed E-state index contributed by atoms with van der Waals surface area (Å²) in [6.07, 6.45) is 1.64. The minimum absolute atomic E-state index is 0.0931. The molecule has 7 nitrogen and oxygen atoms in total. The van der Waals surface area contributed by atoms with Crippen LogP contribution in [0.1, 0.15) is 10.5 Å². The van der Waals surface area contributed by atoms with Crippen molar-refractivity contribution in [1.29, 1.82) is 0 Å². The van der Waals surface area contributed by atoms with Crippen LogP contribution in [0.5, 0.6) is 0 Å². The smallest absolute Gasteiger partial charge is 0.269 e. The molecule has 1 aromatic carbocycles. The van der Waals surface area contributed by atoms with Crippen LogP contribution in [-0.2, 0) is 0 Å². The highest BCUT2D eigenvalue weighted by molar-refractivity contribution is 6.28. The molecule has 0 bridgehead atoms. The van der Waals surface area contributed by atoms with Crippen LogP contribution < -0.4 is 11.5 Å². The second-order valence-electron chi connectivity index (χ2n) is 4.10. The fourth-order valence-electron chi connectivity index (χ4n) is 2.01. The Labute approximate surface area is 118 Å². The molecule has 0 saturated heterocycles. The van der Waals surface area contributed by atoms with E-state index < -0.39 is 5.91 Å². The molecule has 2 aromatic heterocycles. The molecule has 0 radical (unpaired) electrons. The number of hydrogen-bond donors (Lipinski definition) is 3. The van der Waals surface area contributed by atoms with E-state index >= 15 is 0 Å². The van der Waals surface area contributed by atoms with E-state index in [2.05, 4.69) is 20.2 Å². The molecule has 100 valence electrons. The summed E-state index contributed by atoms with van der Waals surface area (Å²) in [4.78, 5) is 19.2. The molecule has 3 rings (SSSR count). The number of halogens is 1. The number of nitrogens with two attached hydrogens (primary N) is 2. The Bertz CT molecular complexity index is 828. The number of amides is 1. The molecule has 3 aromatic rings. The van der Waals surface area contributed by atoms with Crippen LogP contribution in [0.3, 0.4) is 0 Å².